The van der Waals surface area contributed by atoms with Crippen molar-refractivity contribution < 1.29 is 13.6 Å². The van der Waals surface area contributed by atoms with Gasteiger partial charge in [-0.05, 0) is 43.7 Å². The monoisotopic (exact) mass is 339 g/mol. The quantitative estimate of drug-likeness (QED) is 0.761. The number of anilines is 1. The molecule has 0 saturated heterocycles. The third-order valence-electron chi connectivity index (χ3n) is 4.41. The van der Waals surface area contributed by atoms with Crippen LogP contribution in [0.15, 0.2) is 53.7 Å². The lowest BCUT2D eigenvalue weighted by molar-refractivity contribution is -0.114. The molecule has 0 aliphatic carbocycles. The van der Waals surface area contributed by atoms with Gasteiger partial charge in [-0.1, -0.05) is 12.1 Å². The number of carbonyl (C=O) groups is 1. The molecule has 0 amide bonds. The number of allylic oxidation sites excluding steroid dienone is 2. The minimum atomic E-state index is -0.681. The Morgan fingerprint density at radius 2 is 1.84 bits per heavy atom. The van der Waals surface area contributed by atoms with Crippen LogP contribution in [-0.4, -0.2) is 15.3 Å². The van der Waals surface area contributed by atoms with Crippen molar-refractivity contribution in [3.8, 4) is 0 Å². The average Bonchev–Trinajstić information content (AvgIpc) is 2.89. The van der Waals surface area contributed by atoms with Crippen LogP contribution < -0.4 is 5.32 Å². The van der Waals surface area contributed by atoms with Crippen LogP contribution in [0.25, 0.3) is 11.0 Å². The van der Waals surface area contributed by atoms with Gasteiger partial charge in [-0.2, -0.15) is 0 Å². The van der Waals surface area contributed by atoms with E-state index in [9.17, 15) is 13.6 Å². The maximum Gasteiger partial charge on any atom is 0.209 e. The second-order valence-electron chi connectivity index (χ2n) is 6.12. The number of imidazole rings is 1. The van der Waals surface area contributed by atoms with E-state index in [1.165, 1.54) is 19.1 Å². The van der Waals surface area contributed by atoms with Gasteiger partial charge in [0.05, 0.1) is 17.1 Å². The number of para-hydroxylation sites is 2. The van der Waals surface area contributed by atoms with Gasteiger partial charge in [0.2, 0.25) is 5.95 Å². The SMILES string of the molecule is CC(=O)C1=C(C)Nc2nc3ccccc3n2[C@@H]1c1cc(F)cc(F)c1. The third kappa shape index (κ3) is 2.41. The topological polar surface area (TPSA) is 46.9 Å². The van der Waals surface area contributed by atoms with Crippen molar-refractivity contribution in [2.45, 2.75) is 19.9 Å². The highest BCUT2D eigenvalue weighted by atomic mass is 19.1. The number of nitrogens with zero attached hydrogens (tertiary/aromatic N) is 2. The zero-order valence-corrected chi connectivity index (χ0v) is 13.7. The van der Waals surface area contributed by atoms with Gasteiger partial charge >= 0.3 is 0 Å². The highest BCUT2D eigenvalue weighted by molar-refractivity contribution is 5.97. The average molecular weight is 339 g/mol. The van der Waals surface area contributed by atoms with E-state index in [1.807, 2.05) is 28.8 Å². The fourth-order valence-corrected chi connectivity index (χ4v) is 3.47. The smallest absolute Gasteiger partial charge is 0.209 e. The van der Waals surface area contributed by atoms with Crippen LogP contribution in [0.5, 0.6) is 0 Å². The Balaban J connectivity index is 2.06. The van der Waals surface area contributed by atoms with Crippen molar-refractivity contribution in [1.29, 1.82) is 0 Å². The Morgan fingerprint density at radius 1 is 1.16 bits per heavy atom. The first-order valence-electron chi connectivity index (χ1n) is 7.87. The van der Waals surface area contributed by atoms with E-state index in [-0.39, 0.29) is 5.78 Å². The van der Waals surface area contributed by atoms with E-state index in [4.69, 9.17) is 0 Å². The lowest BCUT2D eigenvalue weighted by Gasteiger charge is -2.30. The van der Waals surface area contributed by atoms with Crippen LogP contribution in [0.4, 0.5) is 14.7 Å². The first-order valence-corrected chi connectivity index (χ1v) is 7.87. The number of benzene rings is 2. The molecule has 1 aliphatic rings. The van der Waals surface area contributed by atoms with Gasteiger partial charge in [0, 0.05) is 17.3 Å². The summed E-state index contributed by atoms with van der Waals surface area (Å²) in [4.78, 5) is 16.8. The van der Waals surface area contributed by atoms with E-state index < -0.39 is 17.7 Å². The number of hydrogen-bond donors (Lipinski definition) is 1. The number of hydrogen-bond acceptors (Lipinski definition) is 3. The highest BCUT2D eigenvalue weighted by Gasteiger charge is 2.32. The largest absolute Gasteiger partial charge is 0.329 e. The summed E-state index contributed by atoms with van der Waals surface area (Å²) in [6.45, 7) is 3.22. The molecular weight excluding hydrogens is 324 g/mol. The van der Waals surface area contributed by atoms with Crippen molar-refractivity contribution in [3.63, 3.8) is 0 Å². The Hall–Kier alpha value is -3.02. The summed E-state index contributed by atoms with van der Waals surface area (Å²) < 4.78 is 29.5. The molecule has 3 aromatic rings. The summed E-state index contributed by atoms with van der Waals surface area (Å²) in [5, 5.41) is 3.13. The molecule has 126 valence electrons. The summed E-state index contributed by atoms with van der Waals surface area (Å²) >= 11 is 0. The standard InChI is InChI=1S/C19H15F2N3O/c1-10-17(11(2)25)18(12-7-13(20)9-14(21)8-12)24-16-6-4-3-5-15(16)23-19(24)22-10/h3-9,18H,1-2H3,(H,22,23)/t18-/m1/s1. The van der Waals surface area contributed by atoms with Crippen LogP contribution in [0.1, 0.15) is 25.5 Å². The highest BCUT2D eigenvalue weighted by Crippen LogP contribution is 2.39. The molecule has 25 heavy (non-hydrogen) atoms. The maximum absolute atomic E-state index is 13.8. The van der Waals surface area contributed by atoms with Gasteiger partial charge in [-0.15, -0.1) is 0 Å². The lowest BCUT2D eigenvalue weighted by Crippen LogP contribution is -2.27. The molecule has 4 rings (SSSR count). The van der Waals surface area contributed by atoms with Crippen LogP contribution in [0, 0.1) is 11.6 Å². The summed E-state index contributed by atoms with van der Waals surface area (Å²) in [5.74, 6) is -0.985. The van der Waals surface area contributed by atoms with Crippen molar-refractivity contribution >= 4 is 22.8 Å². The van der Waals surface area contributed by atoms with Gasteiger partial charge in [0.25, 0.3) is 0 Å². The van der Waals surface area contributed by atoms with Gasteiger partial charge in [-0.3, -0.25) is 9.36 Å². The molecule has 0 saturated carbocycles. The van der Waals surface area contributed by atoms with E-state index in [0.29, 0.717) is 22.8 Å². The fourth-order valence-electron chi connectivity index (χ4n) is 3.47. The molecule has 2 heterocycles. The van der Waals surface area contributed by atoms with E-state index in [1.54, 1.807) is 6.92 Å². The van der Waals surface area contributed by atoms with Crippen molar-refractivity contribution in [1.82, 2.24) is 9.55 Å². The number of carbonyl (C=O) groups excluding carboxylic acids is 1. The second kappa shape index (κ2) is 5.51. The van der Waals surface area contributed by atoms with E-state index in [0.717, 1.165) is 17.1 Å². The zero-order valence-electron chi connectivity index (χ0n) is 13.7. The number of fused-ring (bicyclic) bond motifs is 3. The molecule has 2 aromatic carbocycles. The predicted octanol–water partition coefficient (Wildman–Crippen LogP) is 4.19. The van der Waals surface area contributed by atoms with Gasteiger partial charge in [0.1, 0.15) is 11.6 Å². The van der Waals surface area contributed by atoms with Crippen LogP contribution in [-0.2, 0) is 4.79 Å². The molecular formula is C19H15F2N3O. The number of Topliss-reactive ketones (excluding diaryl/α,β-unsaturated/α-hetero) is 1. The molecule has 0 unspecified atom stereocenters. The summed E-state index contributed by atoms with van der Waals surface area (Å²) in [6.07, 6.45) is 0. The molecule has 1 aromatic heterocycles. The lowest BCUT2D eigenvalue weighted by atomic mass is 9.92. The Bertz CT molecular complexity index is 1030. The molecule has 6 heteroatoms. The van der Waals surface area contributed by atoms with E-state index >= 15 is 0 Å². The second-order valence-corrected chi connectivity index (χ2v) is 6.12. The minimum Gasteiger partial charge on any atom is -0.329 e. The van der Waals surface area contributed by atoms with Gasteiger partial charge < -0.3 is 5.32 Å². The minimum absolute atomic E-state index is 0.164. The van der Waals surface area contributed by atoms with Crippen LogP contribution >= 0.6 is 0 Å². The molecule has 4 nitrogen and oxygen atoms in total. The number of ketones is 1. The molecule has 1 atom stereocenters. The van der Waals surface area contributed by atoms with E-state index in [2.05, 4.69) is 10.3 Å². The predicted molar refractivity (Wildman–Crippen MR) is 91.2 cm³/mol. The molecule has 0 spiro atoms. The first kappa shape index (κ1) is 15.5. The molecule has 1 aliphatic heterocycles. The molecule has 1 N–H and O–H groups in total. The number of rotatable bonds is 2. The normalized spacial score (nSPS) is 16.7. The third-order valence-corrected chi connectivity index (χ3v) is 4.41. The fraction of sp³-hybridized carbons (Fsp3) is 0.158. The Morgan fingerprint density at radius 3 is 2.52 bits per heavy atom. The first-order chi connectivity index (χ1) is 12.0. The molecule has 0 radical (unpaired) electrons. The van der Waals surface area contributed by atoms with Crippen molar-refractivity contribution in [2.75, 3.05) is 5.32 Å². The van der Waals surface area contributed by atoms with Gasteiger partial charge in [-0.25, -0.2) is 13.8 Å². The van der Waals surface area contributed by atoms with Crippen LogP contribution in [0.2, 0.25) is 0 Å². The summed E-state index contributed by atoms with van der Waals surface area (Å²) in [7, 11) is 0. The molecule has 0 bridgehead atoms. The van der Waals surface area contributed by atoms with Crippen molar-refractivity contribution in [2.24, 2.45) is 0 Å². The van der Waals surface area contributed by atoms with Crippen molar-refractivity contribution in [3.05, 3.63) is 70.9 Å². The number of halogens is 2. The Labute approximate surface area is 142 Å². The van der Waals surface area contributed by atoms with Crippen LogP contribution in [0.3, 0.4) is 0 Å². The summed E-state index contributed by atoms with van der Waals surface area (Å²) in [6, 6.07) is 10.1. The van der Waals surface area contributed by atoms with Gasteiger partial charge in [0.15, 0.2) is 5.78 Å². The maximum atomic E-state index is 13.8. The number of aromatic nitrogens is 2. The number of nitrogens with one attached hydrogen (secondary N) is 1. The summed E-state index contributed by atoms with van der Waals surface area (Å²) in [5.41, 5.74) is 2.98. The Kier molecular flexibility index (Phi) is 3.42. The molecule has 0 fully saturated rings. The zero-order chi connectivity index (χ0) is 17.7.